The van der Waals surface area contributed by atoms with E-state index in [1.54, 1.807) is 16.7 Å². The van der Waals surface area contributed by atoms with Crippen LogP contribution in [0.5, 0.6) is 11.5 Å². The first-order valence-corrected chi connectivity index (χ1v) is 12.7. The topological polar surface area (TPSA) is 55.8 Å². The number of amides is 1. The Kier molecular flexibility index (Phi) is 7.74. The quantitative estimate of drug-likeness (QED) is 0.485. The van der Waals surface area contributed by atoms with Crippen molar-refractivity contribution in [2.24, 2.45) is 5.92 Å². The van der Waals surface area contributed by atoms with Gasteiger partial charge in [-0.1, -0.05) is 56.5 Å². The Morgan fingerprint density at radius 3 is 2.50 bits per heavy atom. The molecule has 0 N–H and O–H groups in total. The molecule has 1 saturated carbocycles. The zero-order chi connectivity index (χ0) is 22.3. The number of para-hydroxylation sites is 1. The summed E-state index contributed by atoms with van der Waals surface area (Å²) in [6, 6.07) is 16.9. The fourth-order valence-corrected chi connectivity index (χ4v) is 5.84. The largest absolute Gasteiger partial charge is 0.464 e. The summed E-state index contributed by atoms with van der Waals surface area (Å²) in [5.74, 6) is 1.83. The van der Waals surface area contributed by atoms with Crippen molar-refractivity contribution in [2.45, 2.75) is 56.9 Å². The van der Waals surface area contributed by atoms with Crippen LogP contribution in [0.4, 0.5) is 0 Å². The summed E-state index contributed by atoms with van der Waals surface area (Å²) < 4.78 is 11.5. The number of hydrogen-bond donors (Lipinski definition) is 0. The van der Waals surface area contributed by atoms with Crippen molar-refractivity contribution in [3.8, 4) is 11.5 Å². The van der Waals surface area contributed by atoms with Gasteiger partial charge in [-0.3, -0.25) is 4.79 Å². The van der Waals surface area contributed by atoms with E-state index in [0.29, 0.717) is 12.4 Å². The Hall–Kier alpha value is -2.47. The minimum absolute atomic E-state index is 0.00447. The van der Waals surface area contributed by atoms with E-state index in [2.05, 4.69) is 0 Å². The van der Waals surface area contributed by atoms with Gasteiger partial charge in [-0.15, -0.1) is 11.8 Å². The van der Waals surface area contributed by atoms with Gasteiger partial charge in [-0.25, -0.2) is 4.79 Å². The van der Waals surface area contributed by atoms with Crippen LogP contribution in [0.25, 0.3) is 0 Å². The van der Waals surface area contributed by atoms with Crippen LogP contribution in [0, 0.1) is 5.92 Å². The van der Waals surface area contributed by atoms with Gasteiger partial charge in [0.25, 0.3) is 0 Å². The minimum atomic E-state index is -0.537. The maximum absolute atomic E-state index is 13.6. The second-order valence-electron chi connectivity index (χ2n) is 8.44. The maximum Gasteiger partial charge on any atom is 0.329 e. The minimum Gasteiger partial charge on any atom is -0.464 e. The van der Waals surface area contributed by atoms with Gasteiger partial charge in [0.05, 0.1) is 6.61 Å². The zero-order valence-corrected chi connectivity index (χ0v) is 19.4. The zero-order valence-electron chi connectivity index (χ0n) is 18.6. The summed E-state index contributed by atoms with van der Waals surface area (Å²) in [6.45, 7) is 2.36. The molecule has 2 aromatic rings. The highest BCUT2D eigenvalue weighted by Crippen LogP contribution is 2.44. The fourth-order valence-electron chi connectivity index (χ4n) is 4.43. The Bertz CT molecular complexity index is 913. The second kappa shape index (κ2) is 10.9. The fraction of sp³-hybridized carbons (Fsp3) is 0.462. The monoisotopic (exact) mass is 453 g/mol. The molecule has 2 fully saturated rings. The van der Waals surface area contributed by atoms with Crippen LogP contribution in [0.3, 0.4) is 0 Å². The molecule has 2 unspecified atom stereocenters. The molecule has 4 rings (SSSR count). The summed E-state index contributed by atoms with van der Waals surface area (Å²) in [5.41, 5.74) is 0.971. The highest BCUT2D eigenvalue weighted by Gasteiger charge is 2.45. The lowest BCUT2D eigenvalue weighted by atomic mass is 9.88. The van der Waals surface area contributed by atoms with E-state index >= 15 is 0 Å². The van der Waals surface area contributed by atoms with Crippen molar-refractivity contribution in [3.63, 3.8) is 0 Å². The lowest BCUT2D eigenvalue weighted by molar-refractivity contribution is -0.156. The van der Waals surface area contributed by atoms with Gasteiger partial charge >= 0.3 is 5.97 Å². The van der Waals surface area contributed by atoms with Crippen molar-refractivity contribution in [2.75, 3.05) is 12.4 Å². The number of rotatable bonds is 7. The average molecular weight is 454 g/mol. The summed E-state index contributed by atoms with van der Waals surface area (Å²) in [7, 11) is 0. The van der Waals surface area contributed by atoms with E-state index in [9.17, 15) is 9.59 Å². The molecule has 0 spiro atoms. The second-order valence-corrected chi connectivity index (χ2v) is 9.55. The standard InChI is InChI=1S/C26H31NO4S/c1-2-16-30-26(29)23-18-32-25(27(23)24(28)19-10-5-3-6-11-19)20-12-9-15-22(17-20)31-21-13-7-4-8-14-21/h4,7-9,12-15,17,19,23,25H,2-3,5-6,10-11,16,18H2,1H3. The summed E-state index contributed by atoms with van der Waals surface area (Å²) in [6.07, 6.45) is 5.91. The van der Waals surface area contributed by atoms with Gasteiger partial charge < -0.3 is 14.4 Å². The molecule has 1 aliphatic heterocycles. The van der Waals surface area contributed by atoms with Crippen molar-refractivity contribution in [1.29, 1.82) is 0 Å². The van der Waals surface area contributed by atoms with Crippen LogP contribution in [-0.4, -0.2) is 35.2 Å². The van der Waals surface area contributed by atoms with Crippen LogP contribution in [0.15, 0.2) is 54.6 Å². The van der Waals surface area contributed by atoms with Crippen molar-refractivity contribution < 1.29 is 19.1 Å². The third-order valence-electron chi connectivity index (χ3n) is 6.05. The molecule has 6 heteroatoms. The molecule has 0 radical (unpaired) electrons. The van der Waals surface area contributed by atoms with Crippen LogP contribution in [0.2, 0.25) is 0 Å². The molecule has 0 bridgehead atoms. The van der Waals surface area contributed by atoms with Crippen molar-refractivity contribution in [3.05, 3.63) is 60.2 Å². The Balaban J connectivity index is 1.58. The van der Waals surface area contributed by atoms with E-state index in [1.807, 2.05) is 61.5 Å². The first-order chi connectivity index (χ1) is 15.7. The SMILES string of the molecule is CCCOC(=O)C1CSC(c2cccc(Oc3ccccc3)c2)N1C(=O)C1CCCCC1. The first kappa shape index (κ1) is 22.7. The Morgan fingerprint density at radius 1 is 1.00 bits per heavy atom. The van der Waals surface area contributed by atoms with Crippen molar-refractivity contribution in [1.82, 2.24) is 4.90 Å². The summed E-state index contributed by atoms with van der Waals surface area (Å²) in [4.78, 5) is 28.3. The van der Waals surface area contributed by atoms with Crippen molar-refractivity contribution >= 4 is 23.6 Å². The normalized spacial score (nSPS) is 21.3. The highest BCUT2D eigenvalue weighted by atomic mass is 32.2. The number of hydrogen-bond acceptors (Lipinski definition) is 5. The molecule has 2 aromatic carbocycles. The number of esters is 1. The average Bonchev–Trinajstić information content (AvgIpc) is 3.29. The van der Waals surface area contributed by atoms with Gasteiger partial charge in [-0.2, -0.15) is 0 Å². The van der Waals surface area contributed by atoms with Gasteiger partial charge in [0.15, 0.2) is 0 Å². The predicted molar refractivity (Wildman–Crippen MR) is 127 cm³/mol. The highest BCUT2D eigenvalue weighted by molar-refractivity contribution is 7.99. The number of carbonyl (C=O) groups excluding carboxylic acids is 2. The van der Waals surface area contributed by atoms with Crippen LogP contribution in [0.1, 0.15) is 56.4 Å². The number of nitrogens with zero attached hydrogens (tertiary/aromatic N) is 1. The molecule has 170 valence electrons. The molecule has 2 aliphatic rings. The molecule has 1 saturated heterocycles. The third kappa shape index (κ3) is 5.29. The lowest BCUT2D eigenvalue weighted by Crippen LogP contribution is -2.46. The smallest absolute Gasteiger partial charge is 0.329 e. The van der Waals surface area contributed by atoms with Gasteiger partial charge in [0, 0.05) is 11.7 Å². The molecule has 1 aliphatic carbocycles. The predicted octanol–water partition coefficient (Wildman–Crippen LogP) is 5.96. The summed E-state index contributed by atoms with van der Waals surface area (Å²) in [5, 5.41) is -0.220. The Labute approximate surface area is 194 Å². The molecule has 1 amide bonds. The number of thioether (sulfide) groups is 1. The third-order valence-corrected chi connectivity index (χ3v) is 7.38. The van der Waals surface area contributed by atoms with E-state index < -0.39 is 6.04 Å². The number of ether oxygens (including phenoxy) is 2. The van der Waals surface area contributed by atoms with Crippen LogP contribution < -0.4 is 4.74 Å². The molecular weight excluding hydrogens is 422 g/mol. The molecule has 2 atom stereocenters. The maximum atomic E-state index is 13.6. The first-order valence-electron chi connectivity index (χ1n) is 11.6. The molecule has 32 heavy (non-hydrogen) atoms. The number of benzene rings is 2. The van der Waals surface area contributed by atoms with Gasteiger partial charge in [0.1, 0.15) is 22.9 Å². The number of carbonyl (C=O) groups is 2. The van der Waals surface area contributed by atoms with E-state index in [1.165, 1.54) is 6.42 Å². The Morgan fingerprint density at radius 2 is 1.75 bits per heavy atom. The van der Waals surface area contributed by atoms with E-state index in [0.717, 1.165) is 49.2 Å². The van der Waals surface area contributed by atoms with Gasteiger partial charge in [0.2, 0.25) is 5.91 Å². The molecule has 5 nitrogen and oxygen atoms in total. The van der Waals surface area contributed by atoms with Gasteiger partial charge in [-0.05, 0) is 49.1 Å². The molecular formula is C26H31NO4S. The lowest BCUT2D eigenvalue weighted by Gasteiger charge is -2.33. The van der Waals surface area contributed by atoms with E-state index in [4.69, 9.17) is 9.47 Å². The van der Waals surface area contributed by atoms with Crippen LogP contribution >= 0.6 is 11.8 Å². The van der Waals surface area contributed by atoms with Crippen LogP contribution in [-0.2, 0) is 14.3 Å². The van der Waals surface area contributed by atoms with E-state index in [-0.39, 0.29) is 23.2 Å². The summed E-state index contributed by atoms with van der Waals surface area (Å²) >= 11 is 1.63. The molecule has 1 heterocycles. The molecule has 0 aromatic heterocycles.